The molecule has 0 fully saturated rings. The zero-order chi connectivity index (χ0) is 13.9. The van der Waals surface area contributed by atoms with Gasteiger partial charge in [-0.1, -0.05) is 41.9 Å². The maximum absolute atomic E-state index is 6.17. The summed E-state index contributed by atoms with van der Waals surface area (Å²) in [7, 11) is 0. The van der Waals surface area contributed by atoms with Crippen molar-refractivity contribution in [3.8, 4) is 0 Å². The predicted octanol–water partition coefficient (Wildman–Crippen LogP) is 4.49. The summed E-state index contributed by atoms with van der Waals surface area (Å²) in [5, 5.41) is 4.63. The molecule has 2 aromatic carbocycles. The smallest absolute Gasteiger partial charge is 0.177 e. The SMILES string of the molecule is S=C(Nc1ccccc1Cl)N1CCCc2ccccc21. The zero-order valence-electron chi connectivity index (χ0n) is 11.0. The van der Waals surface area contributed by atoms with Gasteiger partial charge in [0, 0.05) is 12.2 Å². The Hall–Kier alpha value is -1.58. The van der Waals surface area contributed by atoms with E-state index in [1.807, 2.05) is 24.3 Å². The quantitative estimate of drug-likeness (QED) is 0.781. The Kier molecular flexibility index (Phi) is 3.90. The molecule has 2 nitrogen and oxygen atoms in total. The average Bonchev–Trinajstić information content (AvgIpc) is 2.49. The van der Waals surface area contributed by atoms with Crippen molar-refractivity contribution in [3.05, 3.63) is 59.1 Å². The molecule has 20 heavy (non-hydrogen) atoms. The third kappa shape index (κ3) is 2.65. The van der Waals surface area contributed by atoms with Crippen LogP contribution in [-0.4, -0.2) is 11.7 Å². The van der Waals surface area contributed by atoms with E-state index in [0.29, 0.717) is 10.1 Å². The van der Waals surface area contributed by atoms with E-state index in [4.69, 9.17) is 23.8 Å². The number of fused-ring (bicyclic) bond motifs is 1. The molecule has 0 spiro atoms. The Bertz CT molecular complexity index is 642. The van der Waals surface area contributed by atoms with Crippen LogP contribution in [0, 0.1) is 0 Å². The van der Waals surface area contributed by atoms with Gasteiger partial charge in [-0.3, -0.25) is 0 Å². The Morgan fingerprint density at radius 3 is 2.70 bits per heavy atom. The lowest BCUT2D eigenvalue weighted by Gasteiger charge is -2.31. The summed E-state index contributed by atoms with van der Waals surface area (Å²) in [5.41, 5.74) is 3.40. The highest BCUT2D eigenvalue weighted by Gasteiger charge is 2.19. The van der Waals surface area contributed by atoms with Gasteiger partial charge in [-0.25, -0.2) is 0 Å². The van der Waals surface area contributed by atoms with E-state index in [1.165, 1.54) is 11.3 Å². The van der Waals surface area contributed by atoms with Crippen LogP contribution < -0.4 is 10.2 Å². The van der Waals surface area contributed by atoms with Crippen LogP contribution in [0.4, 0.5) is 11.4 Å². The molecule has 1 aliphatic heterocycles. The number of para-hydroxylation sites is 2. The number of benzene rings is 2. The van der Waals surface area contributed by atoms with Gasteiger partial charge in [0.05, 0.1) is 10.7 Å². The molecule has 102 valence electrons. The van der Waals surface area contributed by atoms with Crippen LogP contribution >= 0.6 is 23.8 Å². The van der Waals surface area contributed by atoms with Crippen molar-refractivity contribution in [3.63, 3.8) is 0 Å². The summed E-state index contributed by atoms with van der Waals surface area (Å²) in [6.45, 7) is 0.938. The van der Waals surface area contributed by atoms with Gasteiger partial charge < -0.3 is 10.2 Å². The van der Waals surface area contributed by atoms with Gasteiger partial charge in [0.2, 0.25) is 0 Å². The fraction of sp³-hybridized carbons (Fsp3) is 0.188. The van der Waals surface area contributed by atoms with Crippen LogP contribution in [0.5, 0.6) is 0 Å². The number of nitrogens with zero attached hydrogens (tertiary/aromatic N) is 1. The topological polar surface area (TPSA) is 15.3 Å². The molecular formula is C16H15ClN2S. The number of hydrogen-bond donors (Lipinski definition) is 1. The second kappa shape index (κ2) is 5.81. The first-order chi connectivity index (χ1) is 9.75. The largest absolute Gasteiger partial charge is 0.331 e. The summed E-state index contributed by atoms with van der Waals surface area (Å²) in [6.07, 6.45) is 2.22. The van der Waals surface area contributed by atoms with Crippen molar-refractivity contribution in [1.29, 1.82) is 0 Å². The number of halogens is 1. The van der Waals surface area contributed by atoms with Gasteiger partial charge in [-0.2, -0.15) is 0 Å². The number of rotatable bonds is 1. The van der Waals surface area contributed by atoms with Crippen LogP contribution in [0.2, 0.25) is 5.02 Å². The molecule has 0 saturated carbocycles. The Morgan fingerprint density at radius 2 is 1.85 bits per heavy atom. The van der Waals surface area contributed by atoms with Crippen molar-refractivity contribution in [2.75, 3.05) is 16.8 Å². The molecule has 0 atom stereocenters. The summed E-state index contributed by atoms with van der Waals surface area (Å²) >= 11 is 11.7. The van der Waals surface area contributed by atoms with Crippen LogP contribution in [0.15, 0.2) is 48.5 Å². The number of thiocarbonyl (C=S) groups is 1. The van der Waals surface area contributed by atoms with E-state index in [-0.39, 0.29) is 0 Å². The Balaban J connectivity index is 1.84. The maximum Gasteiger partial charge on any atom is 0.177 e. The van der Waals surface area contributed by atoms with Gasteiger partial charge in [0.25, 0.3) is 0 Å². The fourth-order valence-electron chi connectivity index (χ4n) is 2.49. The third-order valence-electron chi connectivity index (χ3n) is 3.47. The second-order valence-corrected chi connectivity index (χ2v) is 5.59. The minimum atomic E-state index is 0.681. The lowest BCUT2D eigenvalue weighted by atomic mass is 10.0. The maximum atomic E-state index is 6.17. The molecule has 0 radical (unpaired) electrons. The van der Waals surface area contributed by atoms with E-state index in [9.17, 15) is 0 Å². The monoisotopic (exact) mass is 302 g/mol. The highest BCUT2D eigenvalue weighted by Crippen LogP contribution is 2.28. The van der Waals surface area contributed by atoms with Crippen LogP contribution in [-0.2, 0) is 6.42 Å². The third-order valence-corrected chi connectivity index (χ3v) is 4.12. The Morgan fingerprint density at radius 1 is 1.10 bits per heavy atom. The lowest BCUT2D eigenvalue weighted by molar-refractivity contribution is 0.781. The molecule has 0 saturated heterocycles. The molecule has 0 aromatic heterocycles. The molecule has 0 unspecified atom stereocenters. The molecule has 1 heterocycles. The second-order valence-electron chi connectivity index (χ2n) is 4.79. The van der Waals surface area contributed by atoms with E-state index in [2.05, 4.69) is 34.5 Å². The van der Waals surface area contributed by atoms with Gasteiger partial charge in [-0.15, -0.1) is 0 Å². The fourth-order valence-corrected chi connectivity index (χ4v) is 2.97. The van der Waals surface area contributed by atoms with E-state index >= 15 is 0 Å². The van der Waals surface area contributed by atoms with E-state index in [1.54, 1.807) is 0 Å². The van der Waals surface area contributed by atoms with E-state index in [0.717, 1.165) is 25.1 Å². The normalized spacial score (nSPS) is 13.8. The molecule has 1 N–H and O–H groups in total. The first-order valence-corrected chi connectivity index (χ1v) is 7.45. The van der Waals surface area contributed by atoms with Crippen molar-refractivity contribution >= 4 is 40.3 Å². The van der Waals surface area contributed by atoms with Crippen molar-refractivity contribution in [2.45, 2.75) is 12.8 Å². The van der Waals surface area contributed by atoms with Gasteiger partial charge in [0.15, 0.2) is 5.11 Å². The zero-order valence-corrected chi connectivity index (χ0v) is 12.5. The van der Waals surface area contributed by atoms with Crippen molar-refractivity contribution in [2.24, 2.45) is 0 Å². The molecule has 0 bridgehead atoms. The first kappa shape index (κ1) is 13.4. The average molecular weight is 303 g/mol. The molecule has 0 amide bonds. The summed E-state index contributed by atoms with van der Waals surface area (Å²) < 4.78 is 0. The molecule has 3 rings (SSSR count). The van der Waals surface area contributed by atoms with Crippen LogP contribution in [0.25, 0.3) is 0 Å². The number of aryl methyl sites for hydroxylation is 1. The number of hydrogen-bond acceptors (Lipinski definition) is 1. The summed E-state index contributed by atoms with van der Waals surface area (Å²) in [6, 6.07) is 16.1. The Labute approximate surface area is 129 Å². The van der Waals surface area contributed by atoms with Gasteiger partial charge in [0.1, 0.15) is 0 Å². The molecule has 4 heteroatoms. The van der Waals surface area contributed by atoms with E-state index < -0.39 is 0 Å². The standard InChI is InChI=1S/C16H15ClN2S/c17-13-8-2-3-9-14(13)18-16(20)19-11-5-7-12-6-1-4-10-15(12)19/h1-4,6,8-10H,5,7,11H2,(H,18,20). The first-order valence-electron chi connectivity index (χ1n) is 6.66. The lowest BCUT2D eigenvalue weighted by Crippen LogP contribution is -2.38. The van der Waals surface area contributed by atoms with Crippen molar-refractivity contribution in [1.82, 2.24) is 0 Å². The number of anilines is 2. The van der Waals surface area contributed by atoms with Gasteiger partial charge in [-0.05, 0) is 48.8 Å². The highest BCUT2D eigenvalue weighted by atomic mass is 35.5. The van der Waals surface area contributed by atoms with Crippen LogP contribution in [0.1, 0.15) is 12.0 Å². The minimum Gasteiger partial charge on any atom is -0.331 e. The van der Waals surface area contributed by atoms with Gasteiger partial charge >= 0.3 is 0 Å². The highest BCUT2D eigenvalue weighted by molar-refractivity contribution is 7.80. The number of nitrogens with one attached hydrogen (secondary N) is 1. The molecular weight excluding hydrogens is 288 g/mol. The predicted molar refractivity (Wildman–Crippen MR) is 89.8 cm³/mol. The molecule has 1 aliphatic rings. The molecule has 0 aliphatic carbocycles. The summed E-state index contributed by atoms with van der Waals surface area (Å²) in [4.78, 5) is 2.15. The minimum absolute atomic E-state index is 0.681. The van der Waals surface area contributed by atoms with Crippen molar-refractivity contribution < 1.29 is 0 Å². The molecule has 2 aromatic rings. The van der Waals surface area contributed by atoms with Crippen LogP contribution in [0.3, 0.4) is 0 Å². The summed E-state index contributed by atoms with van der Waals surface area (Å²) in [5.74, 6) is 0.